The van der Waals surface area contributed by atoms with Gasteiger partial charge in [0.2, 0.25) is 0 Å². The third-order valence-electron chi connectivity index (χ3n) is 7.26. The highest BCUT2D eigenvalue weighted by Crippen LogP contribution is 2.30. The molecule has 0 radical (unpaired) electrons. The van der Waals surface area contributed by atoms with Crippen LogP contribution in [-0.2, 0) is 16.0 Å². The Kier molecular flexibility index (Phi) is 14.0. The monoisotopic (exact) mass is 515 g/mol. The average molecular weight is 516 g/mol. The minimum Gasteiger partial charge on any atom is -0.497 e. The summed E-state index contributed by atoms with van der Waals surface area (Å²) in [5.41, 5.74) is 2.47. The lowest BCUT2D eigenvalue weighted by Crippen LogP contribution is -2.44. The first-order chi connectivity index (χ1) is 17.9. The van der Waals surface area contributed by atoms with Crippen LogP contribution in [0.5, 0.6) is 5.75 Å². The topological polar surface area (TPSA) is 112 Å². The number of unbranched alkanes of at least 4 members (excludes halogenated alkanes) is 4. The zero-order valence-electron chi connectivity index (χ0n) is 22.7. The number of rotatable bonds is 13. The van der Waals surface area contributed by atoms with Crippen LogP contribution >= 0.6 is 0 Å². The minimum absolute atomic E-state index is 0.781. The number of likely N-dealkylation sites (tertiary alicyclic amines) is 1. The first-order valence-electron chi connectivity index (χ1n) is 13.6. The largest absolute Gasteiger partial charge is 0.497 e. The van der Waals surface area contributed by atoms with E-state index in [9.17, 15) is 0 Å². The Morgan fingerprint density at radius 1 is 1.08 bits per heavy atom. The number of ether oxygens (including phenoxy) is 1. The molecule has 0 aliphatic carbocycles. The highest BCUT2D eigenvalue weighted by molar-refractivity contribution is 6.27. The number of carboxylic acids is 2. The molecule has 0 amide bonds. The summed E-state index contributed by atoms with van der Waals surface area (Å²) in [7, 11) is 3.84. The molecule has 1 aliphatic heterocycles. The summed E-state index contributed by atoms with van der Waals surface area (Å²) >= 11 is 0. The van der Waals surface area contributed by atoms with E-state index in [0.29, 0.717) is 0 Å². The molecule has 1 saturated heterocycles. The lowest BCUT2D eigenvalue weighted by atomic mass is 9.81. The standard InChI is InChI=1S/C27H43N3O.C2H2O4/c1-4-5-6-7-8-17-30-18-15-22(24(21-30)20-28-2)10-9-11-23-14-16-29-27-13-12-25(31-3)19-26(23)27;3-1(4)2(5)6/h12-14,16,19,22,24,28H,4-11,15,17-18,20-21H2,1-3H3;(H,3,4)(H,5,6)/t22-,24+;/m1./s1. The van der Waals surface area contributed by atoms with E-state index in [4.69, 9.17) is 24.5 Å². The Labute approximate surface area is 221 Å². The minimum atomic E-state index is -1.82. The molecule has 0 unspecified atom stereocenters. The van der Waals surface area contributed by atoms with Crippen LogP contribution in [0.1, 0.15) is 63.9 Å². The molecule has 3 N–H and O–H groups in total. The number of piperidine rings is 1. The fourth-order valence-corrected chi connectivity index (χ4v) is 5.25. The van der Waals surface area contributed by atoms with Gasteiger partial charge in [-0.2, -0.15) is 0 Å². The number of aryl methyl sites for hydroxylation is 1. The number of hydrogen-bond acceptors (Lipinski definition) is 6. The average Bonchev–Trinajstić information content (AvgIpc) is 2.90. The van der Waals surface area contributed by atoms with Crippen LogP contribution in [-0.4, -0.2) is 72.4 Å². The molecule has 0 saturated carbocycles. The number of carboxylic acid groups (broad SMARTS) is 2. The predicted molar refractivity (Wildman–Crippen MR) is 147 cm³/mol. The highest BCUT2D eigenvalue weighted by atomic mass is 16.5. The van der Waals surface area contributed by atoms with Gasteiger partial charge in [-0.05, 0) is 100 Å². The SMILES string of the molecule is CCCCCCCN1CC[C@@H](CCCc2ccnc3ccc(OC)cc23)[C@@H](CNC)C1.O=C(O)C(=O)O. The van der Waals surface area contributed by atoms with Gasteiger partial charge in [-0.15, -0.1) is 0 Å². The number of fused-ring (bicyclic) bond motifs is 1. The number of hydrogen-bond donors (Lipinski definition) is 3. The second-order valence-corrected chi connectivity index (χ2v) is 9.94. The number of carbonyl (C=O) groups is 2. The van der Waals surface area contributed by atoms with E-state index in [1.165, 1.54) is 82.0 Å². The molecule has 8 heteroatoms. The van der Waals surface area contributed by atoms with Gasteiger partial charge in [0.05, 0.1) is 12.6 Å². The quantitative estimate of drug-likeness (QED) is 0.256. The van der Waals surface area contributed by atoms with Crippen LogP contribution in [0.25, 0.3) is 10.9 Å². The molecule has 2 heterocycles. The molecule has 3 rings (SSSR count). The van der Waals surface area contributed by atoms with Crippen LogP contribution in [0.2, 0.25) is 0 Å². The molecule has 0 spiro atoms. The first-order valence-corrected chi connectivity index (χ1v) is 13.6. The van der Waals surface area contributed by atoms with Crippen molar-refractivity contribution in [3.05, 3.63) is 36.0 Å². The molecule has 1 aromatic carbocycles. The van der Waals surface area contributed by atoms with Gasteiger partial charge in [0.25, 0.3) is 0 Å². The maximum atomic E-state index is 9.10. The van der Waals surface area contributed by atoms with Crippen LogP contribution < -0.4 is 10.1 Å². The second kappa shape index (κ2) is 16.9. The van der Waals surface area contributed by atoms with Crippen molar-refractivity contribution in [1.29, 1.82) is 0 Å². The Hall–Kier alpha value is -2.71. The van der Waals surface area contributed by atoms with Gasteiger partial charge >= 0.3 is 11.9 Å². The maximum absolute atomic E-state index is 9.10. The van der Waals surface area contributed by atoms with Gasteiger partial charge in [0.1, 0.15) is 5.75 Å². The van der Waals surface area contributed by atoms with Crippen molar-refractivity contribution in [1.82, 2.24) is 15.2 Å². The third kappa shape index (κ3) is 10.7. The second-order valence-electron chi connectivity index (χ2n) is 9.94. The molecule has 2 aromatic rings. The summed E-state index contributed by atoms with van der Waals surface area (Å²) in [5, 5.41) is 19.5. The molecule has 1 aromatic heterocycles. The summed E-state index contributed by atoms with van der Waals surface area (Å²) in [6.45, 7) is 7.29. The number of benzene rings is 1. The van der Waals surface area contributed by atoms with Crippen molar-refractivity contribution in [3.63, 3.8) is 0 Å². The van der Waals surface area contributed by atoms with Gasteiger partial charge in [-0.3, -0.25) is 4.98 Å². The Balaban J connectivity index is 0.000000717. The number of nitrogens with zero attached hydrogens (tertiary/aromatic N) is 2. The van der Waals surface area contributed by atoms with Crippen LogP contribution in [0, 0.1) is 11.8 Å². The third-order valence-corrected chi connectivity index (χ3v) is 7.26. The van der Waals surface area contributed by atoms with Crippen LogP contribution in [0.4, 0.5) is 0 Å². The van der Waals surface area contributed by atoms with Gasteiger partial charge < -0.3 is 25.2 Å². The summed E-state index contributed by atoms with van der Waals surface area (Å²) < 4.78 is 5.44. The highest BCUT2D eigenvalue weighted by Gasteiger charge is 2.28. The normalized spacial score (nSPS) is 17.7. The summed E-state index contributed by atoms with van der Waals surface area (Å²) in [4.78, 5) is 25.5. The molecule has 0 bridgehead atoms. The lowest BCUT2D eigenvalue weighted by molar-refractivity contribution is -0.159. The number of aliphatic carboxylic acids is 2. The molecule has 206 valence electrons. The molecule has 2 atom stereocenters. The zero-order valence-corrected chi connectivity index (χ0v) is 22.7. The van der Waals surface area contributed by atoms with Crippen molar-refractivity contribution in [2.24, 2.45) is 11.8 Å². The lowest BCUT2D eigenvalue weighted by Gasteiger charge is -2.39. The summed E-state index contributed by atoms with van der Waals surface area (Å²) in [6, 6.07) is 8.39. The predicted octanol–water partition coefficient (Wildman–Crippen LogP) is 4.85. The summed E-state index contributed by atoms with van der Waals surface area (Å²) in [6.07, 6.45) is 13.9. The van der Waals surface area contributed by atoms with Crippen molar-refractivity contribution in [2.45, 2.75) is 64.7 Å². The molecule has 8 nitrogen and oxygen atoms in total. The van der Waals surface area contributed by atoms with Gasteiger partial charge in [-0.25, -0.2) is 9.59 Å². The zero-order chi connectivity index (χ0) is 27.0. The maximum Gasteiger partial charge on any atom is 0.414 e. The number of pyridine rings is 1. The molecular weight excluding hydrogens is 470 g/mol. The van der Waals surface area contributed by atoms with E-state index < -0.39 is 11.9 Å². The summed E-state index contributed by atoms with van der Waals surface area (Å²) in [5.74, 6) is -1.11. The van der Waals surface area contributed by atoms with E-state index in [0.717, 1.165) is 36.1 Å². The van der Waals surface area contributed by atoms with Crippen molar-refractivity contribution >= 4 is 22.8 Å². The van der Waals surface area contributed by atoms with Gasteiger partial charge in [0.15, 0.2) is 0 Å². The molecule has 1 fully saturated rings. The van der Waals surface area contributed by atoms with Crippen LogP contribution in [0.15, 0.2) is 30.5 Å². The smallest absolute Gasteiger partial charge is 0.414 e. The van der Waals surface area contributed by atoms with E-state index >= 15 is 0 Å². The van der Waals surface area contributed by atoms with Gasteiger partial charge in [0, 0.05) is 18.1 Å². The number of methoxy groups -OCH3 is 1. The number of nitrogens with one attached hydrogen (secondary N) is 1. The molecule has 37 heavy (non-hydrogen) atoms. The fraction of sp³-hybridized carbons (Fsp3) is 0.621. The van der Waals surface area contributed by atoms with E-state index in [1.807, 2.05) is 12.3 Å². The molecule has 1 aliphatic rings. The first kappa shape index (κ1) is 30.5. The molecular formula is C29H45N3O5. The van der Waals surface area contributed by atoms with Crippen molar-refractivity contribution in [2.75, 3.05) is 40.3 Å². The Morgan fingerprint density at radius 3 is 2.51 bits per heavy atom. The van der Waals surface area contributed by atoms with Crippen LogP contribution in [0.3, 0.4) is 0 Å². The Bertz CT molecular complexity index is 956. The van der Waals surface area contributed by atoms with E-state index in [2.05, 4.69) is 47.4 Å². The van der Waals surface area contributed by atoms with E-state index in [1.54, 1.807) is 7.11 Å². The van der Waals surface area contributed by atoms with Crippen molar-refractivity contribution in [3.8, 4) is 5.75 Å². The van der Waals surface area contributed by atoms with Crippen molar-refractivity contribution < 1.29 is 24.5 Å². The van der Waals surface area contributed by atoms with E-state index in [-0.39, 0.29) is 0 Å². The number of aromatic nitrogens is 1. The van der Waals surface area contributed by atoms with Gasteiger partial charge in [-0.1, -0.05) is 32.6 Å². The Morgan fingerprint density at radius 2 is 1.84 bits per heavy atom. The fourth-order valence-electron chi connectivity index (χ4n) is 5.25.